The van der Waals surface area contributed by atoms with Crippen LogP contribution >= 0.6 is 0 Å². The summed E-state index contributed by atoms with van der Waals surface area (Å²) < 4.78 is 27.0. The van der Waals surface area contributed by atoms with Gasteiger partial charge in [-0.1, -0.05) is 30.3 Å². The Bertz CT molecular complexity index is 1000. The molecule has 0 aromatic heterocycles. The molecule has 2 aromatic rings. The van der Waals surface area contributed by atoms with E-state index < -0.39 is 33.3 Å². The molecule has 3 amide bonds. The molecule has 3 N–H and O–H groups in total. The highest BCUT2D eigenvalue weighted by Gasteiger charge is 2.45. The molecule has 1 saturated heterocycles. The van der Waals surface area contributed by atoms with Gasteiger partial charge in [0.25, 0.3) is 5.91 Å². The van der Waals surface area contributed by atoms with Gasteiger partial charge in [-0.2, -0.15) is 0 Å². The Kier molecular flexibility index (Phi) is 4.71. The highest BCUT2D eigenvalue weighted by atomic mass is 32.2. The number of anilines is 1. The SMILES string of the molecule is C[C@@]1(CS(=O)(=O)Nc2ccc(C(=O)c3ccccc3)cc2)NC(=O)NC1=O. The first kappa shape index (κ1) is 18.6. The second kappa shape index (κ2) is 6.84. The number of hydrogen-bond donors (Lipinski definition) is 3. The molecule has 1 atom stereocenters. The number of imide groups is 1. The fourth-order valence-electron chi connectivity index (χ4n) is 2.72. The minimum absolute atomic E-state index is 0.178. The van der Waals surface area contributed by atoms with Crippen molar-refractivity contribution in [1.29, 1.82) is 0 Å². The maximum atomic E-state index is 12.4. The maximum Gasteiger partial charge on any atom is 0.322 e. The van der Waals surface area contributed by atoms with E-state index in [1.165, 1.54) is 31.2 Å². The quantitative estimate of drug-likeness (QED) is 0.509. The lowest BCUT2D eigenvalue weighted by Crippen LogP contribution is -2.50. The Balaban J connectivity index is 1.71. The molecule has 3 rings (SSSR count). The minimum atomic E-state index is -3.93. The van der Waals surface area contributed by atoms with Gasteiger partial charge in [-0.15, -0.1) is 0 Å². The Morgan fingerprint density at radius 3 is 2.15 bits per heavy atom. The van der Waals surface area contributed by atoms with Crippen LogP contribution in [-0.2, 0) is 14.8 Å². The van der Waals surface area contributed by atoms with E-state index in [4.69, 9.17) is 0 Å². The zero-order chi connectivity index (χ0) is 19.7. The number of carbonyl (C=O) groups is 3. The van der Waals surface area contributed by atoms with Crippen molar-refractivity contribution in [1.82, 2.24) is 10.6 Å². The third-order valence-corrected chi connectivity index (χ3v) is 5.56. The fourth-order valence-corrected chi connectivity index (χ4v) is 4.25. The first-order valence-electron chi connectivity index (χ1n) is 8.02. The molecule has 0 unspecified atom stereocenters. The van der Waals surface area contributed by atoms with Gasteiger partial charge in [0.05, 0.1) is 0 Å². The number of rotatable bonds is 6. The number of benzene rings is 2. The number of ketones is 1. The molecule has 0 radical (unpaired) electrons. The summed E-state index contributed by atoms with van der Waals surface area (Å²) in [5.41, 5.74) is -0.361. The van der Waals surface area contributed by atoms with E-state index in [1.54, 1.807) is 24.3 Å². The summed E-state index contributed by atoms with van der Waals surface area (Å²) in [6, 6.07) is 13.9. The van der Waals surface area contributed by atoms with E-state index in [0.29, 0.717) is 11.1 Å². The zero-order valence-corrected chi connectivity index (χ0v) is 15.2. The maximum absolute atomic E-state index is 12.4. The van der Waals surface area contributed by atoms with Crippen LogP contribution < -0.4 is 15.4 Å². The van der Waals surface area contributed by atoms with Crippen LogP contribution in [0.3, 0.4) is 0 Å². The molecule has 0 spiro atoms. The van der Waals surface area contributed by atoms with Gasteiger partial charge in [0.15, 0.2) is 5.78 Å². The normalized spacial score (nSPS) is 19.3. The summed E-state index contributed by atoms with van der Waals surface area (Å²) in [4.78, 5) is 35.4. The summed E-state index contributed by atoms with van der Waals surface area (Å²) >= 11 is 0. The Morgan fingerprint density at radius 1 is 1.00 bits per heavy atom. The smallest absolute Gasteiger partial charge is 0.322 e. The molecule has 0 aliphatic carbocycles. The van der Waals surface area contributed by atoms with Gasteiger partial charge in [-0.3, -0.25) is 19.6 Å². The van der Waals surface area contributed by atoms with Crippen molar-refractivity contribution in [2.45, 2.75) is 12.5 Å². The van der Waals surface area contributed by atoms with Gasteiger partial charge in [0.2, 0.25) is 10.0 Å². The van der Waals surface area contributed by atoms with Crippen molar-refractivity contribution < 1.29 is 22.8 Å². The van der Waals surface area contributed by atoms with E-state index in [9.17, 15) is 22.8 Å². The average Bonchev–Trinajstić information content (AvgIpc) is 2.86. The number of nitrogens with one attached hydrogen (secondary N) is 3. The zero-order valence-electron chi connectivity index (χ0n) is 14.4. The average molecular weight is 387 g/mol. The Labute approximate surface area is 156 Å². The van der Waals surface area contributed by atoms with Crippen LogP contribution in [0.5, 0.6) is 0 Å². The van der Waals surface area contributed by atoms with Crippen LogP contribution in [0.25, 0.3) is 0 Å². The molecule has 2 aromatic carbocycles. The van der Waals surface area contributed by atoms with Crippen LogP contribution in [0.2, 0.25) is 0 Å². The largest absolute Gasteiger partial charge is 0.322 e. The Hall–Kier alpha value is -3.20. The van der Waals surface area contributed by atoms with E-state index in [0.717, 1.165) is 0 Å². The molecule has 1 aliphatic rings. The molecule has 1 heterocycles. The summed E-state index contributed by atoms with van der Waals surface area (Å²) in [6.07, 6.45) is 0. The Morgan fingerprint density at radius 2 is 1.59 bits per heavy atom. The molecule has 8 nitrogen and oxygen atoms in total. The molecular weight excluding hydrogens is 370 g/mol. The predicted octanol–water partition coefficient (Wildman–Crippen LogP) is 1.26. The number of urea groups is 1. The molecule has 1 aliphatic heterocycles. The molecule has 9 heteroatoms. The lowest BCUT2D eigenvalue weighted by Gasteiger charge is -2.20. The van der Waals surface area contributed by atoms with Crippen molar-refractivity contribution in [3.63, 3.8) is 0 Å². The van der Waals surface area contributed by atoms with Crippen LogP contribution in [0.15, 0.2) is 54.6 Å². The molecule has 140 valence electrons. The predicted molar refractivity (Wildman–Crippen MR) is 98.8 cm³/mol. The highest BCUT2D eigenvalue weighted by molar-refractivity contribution is 7.92. The first-order chi connectivity index (χ1) is 12.7. The van der Waals surface area contributed by atoms with E-state index >= 15 is 0 Å². The van der Waals surface area contributed by atoms with Crippen LogP contribution in [0, 0.1) is 0 Å². The number of sulfonamides is 1. The highest BCUT2D eigenvalue weighted by Crippen LogP contribution is 2.18. The van der Waals surface area contributed by atoms with Crippen molar-refractivity contribution in [2.24, 2.45) is 0 Å². The van der Waals surface area contributed by atoms with E-state index in [1.807, 2.05) is 11.4 Å². The lowest BCUT2D eigenvalue weighted by molar-refractivity contribution is -0.122. The molecule has 27 heavy (non-hydrogen) atoms. The lowest BCUT2D eigenvalue weighted by atomic mass is 10.0. The summed E-state index contributed by atoms with van der Waals surface area (Å²) in [5.74, 6) is -1.51. The third-order valence-electron chi connectivity index (χ3n) is 4.05. The van der Waals surface area contributed by atoms with Gasteiger partial charge in [0.1, 0.15) is 11.3 Å². The molecule has 0 bridgehead atoms. The second-order valence-corrected chi connectivity index (χ2v) is 8.10. The third kappa shape index (κ3) is 4.14. The molecule has 1 fully saturated rings. The van der Waals surface area contributed by atoms with Crippen molar-refractivity contribution in [2.75, 3.05) is 10.5 Å². The van der Waals surface area contributed by atoms with Crippen LogP contribution in [0.1, 0.15) is 22.8 Å². The summed E-state index contributed by atoms with van der Waals surface area (Å²) in [7, 11) is -3.93. The fraction of sp³-hybridized carbons (Fsp3) is 0.167. The number of hydrogen-bond acceptors (Lipinski definition) is 5. The van der Waals surface area contributed by atoms with Crippen molar-refractivity contribution in [3.8, 4) is 0 Å². The summed E-state index contributed by atoms with van der Waals surface area (Å²) in [6.45, 7) is 1.33. The van der Waals surface area contributed by atoms with Crippen molar-refractivity contribution in [3.05, 3.63) is 65.7 Å². The first-order valence-corrected chi connectivity index (χ1v) is 9.68. The van der Waals surface area contributed by atoms with Gasteiger partial charge < -0.3 is 5.32 Å². The van der Waals surface area contributed by atoms with Gasteiger partial charge >= 0.3 is 6.03 Å². The summed E-state index contributed by atoms with van der Waals surface area (Å²) in [5, 5.41) is 4.31. The second-order valence-electron chi connectivity index (χ2n) is 6.37. The van der Waals surface area contributed by atoms with Gasteiger partial charge in [-0.05, 0) is 31.2 Å². The molecule has 0 saturated carbocycles. The van der Waals surface area contributed by atoms with Gasteiger partial charge in [0, 0.05) is 16.8 Å². The monoisotopic (exact) mass is 387 g/mol. The van der Waals surface area contributed by atoms with E-state index in [2.05, 4.69) is 10.0 Å². The van der Waals surface area contributed by atoms with Gasteiger partial charge in [-0.25, -0.2) is 13.2 Å². The van der Waals surface area contributed by atoms with Crippen LogP contribution in [0.4, 0.5) is 10.5 Å². The van der Waals surface area contributed by atoms with Crippen molar-refractivity contribution >= 4 is 33.4 Å². The minimum Gasteiger partial charge on any atom is -0.322 e. The number of amides is 3. The standard InChI is InChI=1S/C18H17N3O5S/c1-18(16(23)19-17(24)20-18)11-27(25,26)21-14-9-7-13(8-10-14)15(22)12-5-3-2-4-6-12/h2-10,21H,11H2,1H3,(H2,19,20,23,24)/t18-/m0/s1. The number of carbonyl (C=O) groups excluding carboxylic acids is 3. The van der Waals surface area contributed by atoms with E-state index in [-0.39, 0.29) is 11.5 Å². The van der Waals surface area contributed by atoms with Crippen LogP contribution in [-0.4, -0.2) is 37.4 Å². The topological polar surface area (TPSA) is 121 Å². The molecular formula is C18H17N3O5S.